The van der Waals surface area contributed by atoms with Crippen molar-refractivity contribution in [1.82, 2.24) is 5.32 Å². The van der Waals surface area contributed by atoms with Crippen LogP contribution in [-0.4, -0.2) is 26.4 Å². The Bertz CT molecular complexity index is 897. The number of nitrogens with one attached hydrogen (secondary N) is 1. The van der Waals surface area contributed by atoms with E-state index in [0.29, 0.717) is 22.6 Å². The summed E-state index contributed by atoms with van der Waals surface area (Å²) in [6, 6.07) is 13.6. The average Bonchev–Trinajstić information content (AvgIpc) is 3.11. The zero-order valence-electron chi connectivity index (χ0n) is 15.6. The lowest BCUT2D eigenvalue weighted by atomic mass is 9.97. The van der Waals surface area contributed by atoms with Gasteiger partial charge in [-0.15, -0.1) is 0 Å². The number of hydrogen-bond donors (Lipinski definition) is 2. The van der Waals surface area contributed by atoms with Gasteiger partial charge in [-0.2, -0.15) is 0 Å². The molecule has 2 aromatic carbocycles. The van der Waals surface area contributed by atoms with Gasteiger partial charge in [0.15, 0.2) is 9.84 Å². The van der Waals surface area contributed by atoms with E-state index in [2.05, 4.69) is 5.32 Å². The van der Waals surface area contributed by atoms with Crippen LogP contribution in [0.2, 0.25) is 0 Å². The first kappa shape index (κ1) is 19.6. The molecule has 0 bridgehead atoms. The zero-order chi connectivity index (χ0) is 19.5. The fourth-order valence-corrected chi connectivity index (χ4v) is 4.89. The predicted octanol–water partition coefficient (Wildman–Crippen LogP) is 2.97. The Morgan fingerprint density at radius 1 is 1.04 bits per heavy atom. The van der Waals surface area contributed by atoms with E-state index in [0.717, 1.165) is 31.2 Å². The topological polar surface area (TPSA) is 89.3 Å². The molecule has 0 radical (unpaired) electrons. The van der Waals surface area contributed by atoms with Crippen LogP contribution in [0.15, 0.2) is 53.4 Å². The summed E-state index contributed by atoms with van der Waals surface area (Å²) in [5.74, 6) is -0.250. The third kappa shape index (κ3) is 4.57. The van der Waals surface area contributed by atoms with Crippen molar-refractivity contribution in [3.05, 3.63) is 65.2 Å². The summed E-state index contributed by atoms with van der Waals surface area (Å²) < 4.78 is 25.1. The van der Waals surface area contributed by atoms with Crippen LogP contribution in [0.3, 0.4) is 0 Å². The van der Waals surface area contributed by atoms with Gasteiger partial charge < -0.3 is 11.1 Å². The summed E-state index contributed by atoms with van der Waals surface area (Å²) in [5.41, 5.74) is 7.76. The predicted molar refractivity (Wildman–Crippen MR) is 106 cm³/mol. The van der Waals surface area contributed by atoms with Crippen molar-refractivity contribution in [3.63, 3.8) is 0 Å². The number of carbonyl (C=O) groups excluding carboxylic acids is 1. The van der Waals surface area contributed by atoms with Crippen molar-refractivity contribution in [2.75, 3.05) is 6.54 Å². The van der Waals surface area contributed by atoms with Gasteiger partial charge in [0.1, 0.15) is 0 Å². The molecule has 0 heterocycles. The fraction of sp³-hybridized carbons (Fsp3) is 0.381. The molecule has 0 saturated heterocycles. The summed E-state index contributed by atoms with van der Waals surface area (Å²) in [6.07, 6.45) is 3.96. The van der Waals surface area contributed by atoms with Gasteiger partial charge in [-0.05, 0) is 49.6 Å². The molecule has 6 heteroatoms. The summed E-state index contributed by atoms with van der Waals surface area (Å²) in [6.45, 7) is 2.35. The van der Waals surface area contributed by atoms with Crippen LogP contribution < -0.4 is 11.1 Å². The Morgan fingerprint density at radius 3 is 2.19 bits per heavy atom. The maximum Gasteiger partial charge on any atom is 0.251 e. The standard InChI is InChI=1S/C21H26N2O3S/c1-16-4-10-19(11-5-16)27(25,26)14-17-6-8-18(9-7-17)20(24)23-21(15-22)12-2-3-13-21/h4-11H,2-3,12-15,22H2,1H3,(H,23,24). The molecule has 1 saturated carbocycles. The van der Waals surface area contributed by atoms with Crippen molar-refractivity contribution in [3.8, 4) is 0 Å². The van der Waals surface area contributed by atoms with E-state index < -0.39 is 9.84 Å². The Balaban J connectivity index is 1.69. The Labute approximate surface area is 160 Å². The van der Waals surface area contributed by atoms with Crippen LogP contribution >= 0.6 is 0 Å². The Hall–Kier alpha value is -2.18. The fourth-order valence-electron chi connectivity index (χ4n) is 3.55. The summed E-state index contributed by atoms with van der Waals surface area (Å²) in [7, 11) is -3.41. The summed E-state index contributed by atoms with van der Waals surface area (Å²) in [4.78, 5) is 12.8. The van der Waals surface area contributed by atoms with Gasteiger partial charge in [0.2, 0.25) is 0 Å². The Kier molecular flexibility index (Phi) is 5.67. The molecule has 5 nitrogen and oxygen atoms in total. The van der Waals surface area contributed by atoms with E-state index in [1.807, 2.05) is 6.92 Å². The summed E-state index contributed by atoms with van der Waals surface area (Å²) >= 11 is 0. The van der Waals surface area contributed by atoms with Crippen molar-refractivity contribution in [1.29, 1.82) is 0 Å². The molecule has 144 valence electrons. The van der Waals surface area contributed by atoms with Crippen LogP contribution in [-0.2, 0) is 15.6 Å². The first-order valence-corrected chi connectivity index (χ1v) is 10.9. The van der Waals surface area contributed by atoms with Crippen molar-refractivity contribution in [2.45, 2.75) is 48.8 Å². The van der Waals surface area contributed by atoms with Crippen LogP contribution in [0.25, 0.3) is 0 Å². The number of hydrogen-bond acceptors (Lipinski definition) is 4. The third-order valence-electron chi connectivity index (χ3n) is 5.28. The molecule has 27 heavy (non-hydrogen) atoms. The van der Waals surface area contributed by atoms with Gasteiger partial charge >= 0.3 is 0 Å². The second kappa shape index (κ2) is 7.82. The minimum atomic E-state index is -3.41. The zero-order valence-corrected chi connectivity index (χ0v) is 16.4. The van der Waals surface area contributed by atoms with Crippen molar-refractivity contribution >= 4 is 15.7 Å². The molecule has 1 amide bonds. The minimum Gasteiger partial charge on any atom is -0.345 e. The molecule has 0 atom stereocenters. The van der Waals surface area contributed by atoms with E-state index >= 15 is 0 Å². The van der Waals surface area contributed by atoms with Gasteiger partial charge in [-0.1, -0.05) is 42.7 Å². The third-order valence-corrected chi connectivity index (χ3v) is 6.99. The largest absolute Gasteiger partial charge is 0.345 e. The van der Waals surface area contributed by atoms with E-state index in [1.165, 1.54) is 0 Å². The van der Waals surface area contributed by atoms with Crippen molar-refractivity contribution in [2.24, 2.45) is 5.73 Å². The SMILES string of the molecule is Cc1ccc(S(=O)(=O)Cc2ccc(C(=O)NC3(CN)CCCC3)cc2)cc1. The van der Waals surface area contributed by atoms with Crippen LogP contribution in [0.1, 0.15) is 47.2 Å². The maximum absolute atomic E-state index is 12.5. The highest BCUT2D eigenvalue weighted by Gasteiger charge is 2.34. The second-order valence-electron chi connectivity index (χ2n) is 7.41. The molecular formula is C21H26N2O3S. The highest BCUT2D eigenvalue weighted by molar-refractivity contribution is 7.90. The molecule has 1 aliphatic carbocycles. The molecule has 1 fully saturated rings. The molecule has 1 aliphatic rings. The lowest BCUT2D eigenvalue weighted by molar-refractivity contribution is 0.0903. The van der Waals surface area contributed by atoms with E-state index in [1.54, 1.807) is 48.5 Å². The first-order valence-electron chi connectivity index (χ1n) is 9.25. The monoisotopic (exact) mass is 386 g/mol. The smallest absolute Gasteiger partial charge is 0.251 e. The molecule has 0 unspecified atom stereocenters. The molecule has 3 N–H and O–H groups in total. The van der Waals surface area contributed by atoms with Crippen molar-refractivity contribution < 1.29 is 13.2 Å². The second-order valence-corrected chi connectivity index (χ2v) is 9.40. The number of carbonyl (C=O) groups is 1. The van der Waals surface area contributed by atoms with Gasteiger partial charge in [-0.3, -0.25) is 4.79 Å². The molecule has 0 aromatic heterocycles. The van der Waals surface area contributed by atoms with Crippen LogP contribution in [0.5, 0.6) is 0 Å². The molecule has 0 aliphatic heterocycles. The van der Waals surface area contributed by atoms with Gasteiger partial charge in [0.05, 0.1) is 16.2 Å². The number of sulfone groups is 1. The molecule has 3 rings (SSSR count). The lowest BCUT2D eigenvalue weighted by Crippen LogP contribution is -2.51. The maximum atomic E-state index is 12.5. The lowest BCUT2D eigenvalue weighted by Gasteiger charge is -2.28. The van der Waals surface area contributed by atoms with E-state index in [4.69, 9.17) is 5.73 Å². The highest BCUT2D eigenvalue weighted by atomic mass is 32.2. The number of amides is 1. The quantitative estimate of drug-likeness (QED) is 0.799. The van der Waals surface area contributed by atoms with Crippen LogP contribution in [0, 0.1) is 6.92 Å². The molecular weight excluding hydrogens is 360 g/mol. The highest BCUT2D eigenvalue weighted by Crippen LogP contribution is 2.29. The van der Waals surface area contributed by atoms with Gasteiger partial charge in [-0.25, -0.2) is 8.42 Å². The first-order chi connectivity index (χ1) is 12.8. The van der Waals surface area contributed by atoms with E-state index in [-0.39, 0.29) is 17.2 Å². The number of rotatable bonds is 6. The number of aryl methyl sites for hydroxylation is 1. The average molecular weight is 387 g/mol. The van der Waals surface area contributed by atoms with Gasteiger partial charge in [0.25, 0.3) is 5.91 Å². The molecule has 0 spiro atoms. The van der Waals surface area contributed by atoms with Crippen LogP contribution in [0.4, 0.5) is 0 Å². The Morgan fingerprint density at radius 2 is 1.63 bits per heavy atom. The summed E-state index contributed by atoms with van der Waals surface area (Å²) in [5, 5.41) is 3.07. The molecule has 2 aromatic rings. The minimum absolute atomic E-state index is 0.0926. The van der Waals surface area contributed by atoms with E-state index in [9.17, 15) is 13.2 Å². The number of benzene rings is 2. The normalized spacial score (nSPS) is 16.2. The van der Waals surface area contributed by atoms with Gasteiger partial charge in [0, 0.05) is 12.1 Å². The number of nitrogens with two attached hydrogens (primary N) is 1.